The lowest BCUT2D eigenvalue weighted by atomic mass is 10.5. The van der Waals surface area contributed by atoms with Crippen molar-refractivity contribution in [3.05, 3.63) is 38.8 Å². The Kier molecular flexibility index (Phi) is 4.73. The van der Waals surface area contributed by atoms with Crippen LogP contribution in [-0.4, -0.2) is 24.8 Å². The van der Waals surface area contributed by atoms with Gasteiger partial charge in [0.1, 0.15) is 0 Å². The highest BCUT2D eigenvalue weighted by Crippen LogP contribution is 2.23. The first-order chi connectivity index (χ1) is 8.93. The lowest BCUT2D eigenvalue weighted by Crippen LogP contribution is -2.25. The van der Waals surface area contributed by atoms with Crippen LogP contribution in [0.5, 0.6) is 0 Å². The lowest BCUT2D eigenvalue weighted by molar-refractivity contribution is 0.470. The van der Waals surface area contributed by atoms with Crippen LogP contribution in [0.15, 0.2) is 33.1 Å². The molecular formula is C11H12BrClN2O2S2. The normalized spacial score (nSPS) is 12.2. The largest absolute Gasteiger partial charge is 0.363 e. The van der Waals surface area contributed by atoms with Crippen LogP contribution in [0.25, 0.3) is 0 Å². The van der Waals surface area contributed by atoms with E-state index in [1.807, 2.05) is 11.4 Å². The molecule has 0 spiro atoms. The molecule has 0 amide bonds. The Morgan fingerprint density at radius 2 is 2.21 bits per heavy atom. The molecule has 4 nitrogen and oxygen atoms in total. The van der Waals surface area contributed by atoms with Crippen molar-refractivity contribution in [2.24, 2.45) is 0 Å². The molecule has 0 saturated heterocycles. The fourth-order valence-electron chi connectivity index (χ4n) is 1.57. The molecule has 104 valence electrons. The second kappa shape index (κ2) is 5.97. The highest BCUT2D eigenvalue weighted by Gasteiger charge is 2.22. The molecule has 8 heteroatoms. The molecule has 0 atom stereocenters. The minimum Gasteiger partial charge on any atom is -0.363 e. The number of halogens is 2. The van der Waals surface area contributed by atoms with E-state index in [2.05, 4.69) is 20.9 Å². The Labute approximate surface area is 129 Å². The van der Waals surface area contributed by atoms with Gasteiger partial charge in [-0.3, -0.25) is 0 Å². The van der Waals surface area contributed by atoms with E-state index in [1.54, 1.807) is 13.1 Å². The predicted octanol–water partition coefficient (Wildman–Crippen LogP) is 3.40. The molecular weight excluding hydrogens is 372 g/mol. The van der Waals surface area contributed by atoms with Crippen molar-refractivity contribution in [2.45, 2.75) is 17.3 Å². The number of H-pyrrole nitrogens is 1. The number of aromatic nitrogens is 1. The zero-order chi connectivity index (χ0) is 14.0. The van der Waals surface area contributed by atoms with E-state index in [0.717, 1.165) is 9.35 Å². The van der Waals surface area contributed by atoms with Crippen LogP contribution >= 0.6 is 38.9 Å². The molecule has 0 aliphatic carbocycles. The zero-order valence-electron chi connectivity index (χ0n) is 10.1. The van der Waals surface area contributed by atoms with Crippen LogP contribution in [0, 0.1) is 0 Å². The Bertz CT molecular complexity index is 666. The van der Waals surface area contributed by atoms with Crippen molar-refractivity contribution in [3.63, 3.8) is 0 Å². The van der Waals surface area contributed by atoms with E-state index in [9.17, 15) is 8.42 Å². The topological polar surface area (TPSA) is 53.2 Å². The third kappa shape index (κ3) is 3.41. The van der Waals surface area contributed by atoms with Gasteiger partial charge in [0.05, 0.1) is 10.8 Å². The Morgan fingerprint density at radius 3 is 2.74 bits per heavy atom. The number of hydrogen-bond donors (Lipinski definition) is 1. The summed E-state index contributed by atoms with van der Waals surface area (Å²) < 4.78 is 26.9. The Balaban J connectivity index is 2.19. The first-order valence-electron chi connectivity index (χ1n) is 5.36. The molecule has 0 fully saturated rings. The summed E-state index contributed by atoms with van der Waals surface area (Å²) in [7, 11) is -1.92. The van der Waals surface area contributed by atoms with Crippen molar-refractivity contribution in [1.29, 1.82) is 0 Å². The summed E-state index contributed by atoms with van der Waals surface area (Å²) in [6.07, 6.45) is 1.47. The van der Waals surface area contributed by atoms with E-state index in [0.29, 0.717) is 12.2 Å². The van der Waals surface area contributed by atoms with Gasteiger partial charge in [0.25, 0.3) is 0 Å². The van der Waals surface area contributed by atoms with Crippen molar-refractivity contribution in [1.82, 2.24) is 9.29 Å². The number of alkyl halides is 1. The van der Waals surface area contributed by atoms with E-state index >= 15 is 0 Å². The summed E-state index contributed by atoms with van der Waals surface area (Å²) in [5.41, 5.74) is 0.688. The maximum Gasteiger partial charge on any atom is 0.244 e. The van der Waals surface area contributed by atoms with Crippen LogP contribution in [-0.2, 0) is 22.4 Å². The third-order valence-corrected chi connectivity index (χ3v) is 6.32. The van der Waals surface area contributed by atoms with E-state index in [-0.39, 0.29) is 10.8 Å². The third-order valence-electron chi connectivity index (χ3n) is 2.57. The van der Waals surface area contributed by atoms with Crippen molar-refractivity contribution < 1.29 is 8.42 Å². The maximum absolute atomic E-state index is 12.3. The van der Waals surface area contributed by atoms with Crippen molar-refractivity contribution in [3.8, 4) is 0 Å². The summed E-state index contributed by atoms with van der Waals surface area (Å²) in [4.78, 5) is 4.06. The van der Waals surface area contributed by atoms with Gasteiger partial charge in [-0.2, -0.15) is 4.31 Å². The number of nitrogens with one attached hydrogen (secondary N) is 1. The molecule has 19 heavy (non-hydrogen) atoms. The van der Waals surface area contributed by atoms with Gasteiger partial charge in [-0.1, -0.05) is 0 Å². The second-order valence-corrected chi connectivity index (χ2v) is 8.21. The molecule has 2 aromatic rings. The highest BCUT2D eigenvalue weighted by molar-refractivity contribution is 9.10. The first kappa shape index (κ1) is 15.1. The number of rotatable bonds is 5. The molecule has 0 radical (unpaired) electrons. The van der Waals surface area contributed by atoms with Crippen LogP contribution in [0.4, 0.5) is 0 Å². The molecule has 1 N–H and O–H groups in total. The number of hydrogen-bond acceptors (Lipinski definition) is 3. The van der Waals surface area contributed by atoms with Gasteiger partial charge in [-0.25, -0.2) is 8.42 Å². The SMILES string of the molecule is CN(Cc1cc(Br)cs1)S(=O)(=O)c1c[nH]c(CCl)c1. The van der Waals surface area contributed by atoms with E-state index in [1.165, 1.54) is 21.8 Å². The van der Waals surface area contributed by atoms with E-state index in [4.69, 9.17) is 11.6 Å². The van der Waals surface area contributed by atoms with Gasteiger partial charge in [0.15, 0.2) is 0 Å². The van der Waals surface area contributed by atoms with Gasteiger partial charge in [0.2, 0.25) is 10.0 Å². The summed E-state index contributed by atoms with van der Waals surface area (Å²) in [5, 5.41) is 1.93. The molecule has 0 saturated carbocycles. The number of aromatic amines is 1. The van der Waals surface area contributed by atoms with Gasteiger partial charge in [0, 0.05) is 40.2 Å². The van der Waals surface area contributed by atoms with Crippen molar-refractivity contribution >= 4 is 48.9 Å². The monoisotopic (exact) mass is 382 g/mol. The zero-order valence-corrected chi connectivity index (χ0v) is 14.0. The van der Waals surface area contributed by atoms with Crippen LogP contribution < -0.4 is 0 Å². The summed E-state index contributed by atoms with van der Waals surface area (Å²) >= 11 is 10.5. The quantitative estimate of drug-likeness (QED) is 0.805. The number of sulfonamides is 1. The molecule has 2 aromatic heterocycles. The van der Waals surface area contributed by atoms with Gasteiger partial charge in [-0.05, 0) is 28.1 Å². The Morgan fingerprint density at radius 1 is 1.47 bits per heavy atom. The second-order valence-electron chi connectivity index (χ2n) is 3.99. The molecule has 2 rings (SSSR count). The number of thiophene rings is 1. The molecule has 0 aromatic carbocycles. The summed E-state index contributed by atoms with van der Waals surface area (Å²) in [6.45, 7) is 0.347. The van der Waals surface area contributed by atoms with Gasteiger partial charge >= 0.3 is 0 Å². The average molecular weight is 384 g/mol. The minimum atomic E-state index is -3.48. The summed E-state index contributed by atoms with van der Waals surface area (Å²) in [5.74, 6) is 0.261. The standard InChI is InChI=1S/C11H12BrClN2O2S2/c1-15(6-10-2-8(12)7-18-10)19(16,17)11-3-9(4-13)14-5-11/h2-3,5,7,14H,4,6H2,1H3. The molecule has 0 bridgehead atoms. The van der Waals surface area contributed by atoms with Crippen molar-refractivity contribution in [2.75, 3.05) is 7.05 Å². The molecule has 2 heterocycles. The maximum atomic E-state index is 12.3. The van der Waals surface area contributed by atoms with Crippen LogP contribution in [0.3, 0.4) is 0 Å². The number of nitrogens with zero attached hydrogens (tertiary/aromatic N) is 1. The fraction of sp³-hybridized carbons (Fsp3) is 0.273. The van der Waals surface area contributed by atoms with Gasteiger partial charge < -0.3 is 4.98 Å². The predicted molar refractivity (Wildman–Crippen MR) is 81.0 cm³/mol. The van der Waals surface area contributed by atoms with E-state index < -0.39 is 10.0 Å². The highest BCUT2D eigenvalue weighted by atomic mass is 79.9. The minimum absolute atomic E-state index is 0.237. The smallest absolute Gasteiger partial charge is 0.244 e. The van der Waals surface area contributed by atoms with Crippen LogP contribution in [0.1, 0.15) is 10.6 Å². The average Bonchev–Trinajstić information content (AvgIpc) is 2.98. The first-order valence-corrected chi connectivity index (χ1v) is 9.00. The molecule has 0 aliphatic rings. The lowest BCUT2D eigenvalue weighted by Gasteiger charge is -2.15. The summed E-state index contributed by atoms with van der Waals surface area (Å²) in [6, 6.07) is 3.47. The Hall–Kier alpha value is -0.340. The van der Waals surface area contributed by atoms with Crippen LogP contribution in [0.2, 0.25) is 0 Å². The van der Waals surface area contributed by atoms with Gasteiger partial charge in [-0.15, -0.1) is 22.9 Å². The molecule has 0 unspecified atom stereocenters. The molecule has 0 aliphatic heterocycles. The fourth-order valence-corrected chi connectivity index (χ4v) is 4.47.